The molecule has 1 radical (unpaired) electrons. The van der Waals surface area contributed by atoms with Crippen molar-refractivity contribution in [2.24, 2.45) is 0 Å². The van der Waals surface area contributed by atoms with E-state index < -0.39 is 6.10 Å². The summed E-state index contributed by atoms with van der Waals surface area (Å²) in [6.07, 6.45) is 0.870. The van der Waals surface area contributed by atoms with Gasteiger partial charge in [-0.2, -0.15) is 9.50 Å². The smallest absolute Gasteiger partial charge is 0.253 e. The van der Waals surface area contributed by atoms with Crippen LogP contribution in [0.25, 0.3) is 5.78 Å². The van der Waals surface area contributed by atoms with Crippen molar-refractivity contribution in [3.05, 3.63) is 18.1 Å². The molecule has 0 saturated heterocycles. The van der Waals surface area contributed by atoms with Gasteiger partial charge in [0.1, 0.15) is 11.1 Å². The Morgan fingerprint density at radius 3 is 3.00 bits per heavy atom. The van der Waals surface area contributed by atoms with Gasteiger partial charge in [0.15, 0.2) is 5.82 Å². The van der Waals surface area contributed by atoms with Gasteiger partial charge in [-0.05, 0) is 13.0 Å². The third kappa shape index (κ3) is 1.34. The molecule has 0 spiro atoms. The predicted octanol–water partition coefficient (Wildman–Crippen LogP) is 0.734. The van der Waals surface area contributed by atoms with Crippen LogP contribution in [0.5, 0.6) is 0 Å². The molecule has 0 saturated carbocycles. The zero-order valence-corrected chi connectivity index (χ0v) is 7.69. The molecule has 1 unspecified atom stereocenters. The third-order valence-electron chi connectivity index (χ3n) is 1.60. The van der Waals surface area contributed by atoms with E-state index >= 15 is 0 Å². The first-order chi connectivity index (χ1) is 6.18. The van der Waals surface area contributed by atoms with Crippen LogP contribution >= 0.6 is 12.6 Å². The Labute approximate surface area is 79.9 Å². The Morgan fingerprint density at radius 1 is 1.62 bits per heavy atom. The lowest BCUT2D eigenvalue weighted by Crippen LogP contribution is -1.95. The van der Waals surface area contributed by atoms with Crippen molar-refractivity contribution in [1.82, 2.24) is 19.6 Å². The van der Waals surface area contributed by atoms with Gasteiger partial charge in [-0.1, -0.05) is 12.6 Å². The molecule has 0 fully saturated rings. The van der Waals surface area contributed by atoms with Gasteiger partial charge < -0.3 is 5.11 Å². The minimum Gasteiger partial charge on any atom is -0.385 e. The molecule has 1 N–H and O–H groups in total. The van der Waals surface area contributed by atoms with Gasteiger partial charge in [0.2, 0.25) is 0 Å². The molecular formula is C7H7N4OS. The maximum absolute atomic E-state index is 9.22. The highest BCUT2D eigenvalue weighted by Crippen LogP contribution is 2.10. The Hall–Kier alpha value is -1.27. The molecule has 13 heavy (non-hydrogen) atoms. The van der Waals surface area contributed by atoms with Gasteiger partial charge in [0, 0.05) is 6.20 Å². The van der Waals surface area contributed by atoms with Crippen LogP contribution in [0.4, 0.5) is 0 Å². The van der Waals surface area contributed by atoms with E-state index in [1.807, 2.05) is 0 Å². The van der Waals surface area contributed by atoms with Gasteiger partial charge in [-0.15, -0.1) is 5.10 Å². The van der Waals surface area contributed by atoms with Crippen LogP contribution in [0, 0.1) is 0 Å². The van der Waals surface area contributed by atoms with Crippen LogP contribution in [-0.2, 0) is 0 Å². The van der Waals surface area contributed by atoms with Crippen molar-refractivity contribution in [2.75, 3.05) is 0 Å². The molecule has 0 aliphatic carbocycles. The molecule has 2 heterocycles. The Kier molecular flexibility index (Phi) is 1.86. The van der Waals surface area contributed by atoms with Crippen molar-refractivity contribution in [3.63, 3.8) is 0 Å². The van der Waals surface area contributed by atoms with Crippen LogP contribution in [-0.4, -0.2) is 24.7 Å². The molecule has 0 aliphatic heterocycles. The fourth-order valence-corrected chi connectivity index (χ4v) is 1.15. The van der Waals surface area contributed by atoms with E-state index in [0.717, 1.165) is 0 Å². The number of hydrogen-bond donors (Lipinski definition) is 1. The molecule has 1 atom stereocenters. The van der Waals surface area contributed by atoms with Crippen LogP contribution in [0.15, 0.2) is 17.3 Å². The van der Waals surface area contributed by atoms with Crippen molar-refractivity contribution in [1.29, 1.82) is 0 Å². The largest absolute Gasteiger partial charge is 0.385 e. The summed E-state index contributed by atoms with van der Waals surface area (Å²) < 4.78 is 1.43. The van der Waals surface area contributed by atoms with E-state index in [4.69, 9.17) is 12.6 Å². The zero-order chi connectivity index (χ0) is 9.42. The molecule has 0 amide bonds. The van der Waals surface area contributed by atoms with E-state index in [0.29, 0.717) is 16.6 Å². The normalized spacial score (nSPS) is 13.4. The zero-order valence-electron chi connectivity index (χ0n) is 6.88. The summed E-state index contributed by atoms with van der Waals surface area (Å²) in [6, 6.07) is 1.66. The van der Waals surface area contributed by atoms with E-state index in [2.05, 4.69) is 15.1 Å². The molecule has 2 aromatic heterocycles. The van der Waals surface area contributed by atoms with E-state index in [1.54, 1.807) is 19.2 Å². The number of aliphatic hydroxyl groups excluding tert-OH is 1. The lowest BCUT2D eigenvalue weighted by Gasteiger charge is -1.93. The van der Waals surface area contributed by atoms with Crippen molar-refractivity contribution < 1.29 is 5.11 Å². The van der Waals surface area contributed by atoms with Crippen molar-refractivity contribution in [2.45, 2.75) is 18.1 Å². The third-order valence-corrected chi connectivity index (χ3v) is 1.91. The first-order valence-electron chi connectivity index (χ1n) is 3.75. The minimum absolute atomic E-state index is 0.338. The first-order valence-corrected chi connectivity index (χ1v) is 4.16. The highest BCUT2D eigenvalue weighted by molar-refractivity contribution is 7.80. The summed E-state index contributed by atoms with van der Waals surface area (Å²) in [4.78, 5) is 7.95. The number of hydrogen-bond acceptors (Lipinski definition) is 4. The monoisotopic (exact) mass is 195 g/mol. The molecule has 6 heteroatoms. The molecule has 0 aliphatic rings. The summed E-state index contributed by atoms with van der Waals surface area (Å²) in [5.41, 5.74) is 0. The molecule has 0 aromatic carbocycles. The number of fused-ring (bicyclic) bond motifs is 1. The Bertz CT molecular complexity index is 439. The van der Waals surface area contributed by atoms with E-state index in [1.165, 1.54) is 4.52 Å². The fourth-order valence-electron chi connectivity index (χ4n) is 0.966. The van der Waals surface area contributed by atoms with Gasteiger partial charge in [-0.3, -0.25) is 0 Å². The average Bonchev–Trinajstić information content (AvgIpc) is 2.49. The maximum atomic E-state index is 9.22. The van der Waals surface area contributed by atoms with E-state index in [-0.39, 0.29) is 0 Å². The minimum atomic E-state index is -0.698. The molecule has 2 aromatic rings. The van der Waals surface area contributed by atoms with Gasteiger partial charge in [0.05, 0.1) is 0 Å². The molecule has 2 rings (SSSR count). The second-order valence-electron chi connectivity index (χ2n) is 2.64. The summed E-state index contributed by atoms with van der Waals surface area (Å²) in [6.45, 7) is 1.60. The van der Waals surface area contributed by atoms with Gasteiger partial charge in [0.25, 0.3) is 5.78 Å². The summed E-state index contributed by atoms with van der Waals surface area (Å²) in [5.74, 6) is 0.758. The summed E-state index contributed by atoms with van der Waals surface area (Å²) >= 11 is 4.99. The van der Waals surface area contributed by atoms with Crippen LogP contribution in [0.1, 0.15) is 18.9 Å². The molecule has 67 valence electrons. The fraction of sp³-hybridized carbons (Fsp3) is 0.286. The summed E-state index contributed by atoms with van der Waals surface area (Å²) in [7, 11) is 0. The second-order valence-corrected chi connectivity index (χ2v) is 3.06. The molecule has 0 bridgehead atoms. The highest BCUT2D eigenvalue weighted by Gasteiger charge is 2.10. The van der Waals surface area contributed by atoms with Gasteiger partial charge >= 0.3 is 0 Å². The SMILES string of the molecule is CC(O)c1nc2nccc([S])n2n1. The second kappa shape index (κ2) is 2.90. The number of rotatable bonds is 1. The lowest BCUT2D eigenvalue weighted by molar-refractivity contribution is 0.189. The van der Waals surface area contributed by atoms with Crippen LogP contribution < -0.4 is 0 Å². The maximum Gasteiger partial charge on any atom is 0.253 e. The first kappa shape index (κ1) is 8.33. The Balaban J connectivity index is 2.68. The standard InChI is InChI=1S/C7H7N4OS/c1-4(12)6-9-7-8-3-2-5(13)11(7)10-6/h2-4,12H,1H3. The number of aromatic nitrogens is 4. The van der Waals surface area contributed by atoms with Crippen molar-refractivity contribution >= 4 is 18.4 Å². The predicted molar refractivity (Wildman–Crippen MR) is 47.3 cm³/mol. The topological polar surface area (TPSA) is 63.3 Å². The quantitative estimate of drug-likeness (QED) is 0.681. The lowest BCUT2D eigenvalue weighted by atomic mass is 10.4. The molecule has 5 nitrogen and oxygen atoms in total. The van der Waals surface area contributed by atoms with Crippen LogP contribution in [0.3, 0.4) is 0 Å². The number of nitrogens with zero attached hydrogens (tertiary/aromatic N) is 4. The summed E-state index contributed by atoms with van der Waals surface area (Å²) in [5, 5.41) is 13.7. The average molecular weight is 195 g/mol. The Morgan fingerprint density at radius 2 is 2.38 bits per heavy atom. The van der Waals surface area contributed by atoms with Gasteiger partial charge in [-0.25, -0.2) is 4.98 Å². The number of aliphatic hydroxyl groups is 1. The van der Waals surface area contributed by atoms with Crippen molar-refractivity contribution in [3.8, 4) is 0 Å². The van der Waals surface area contributed by atoms with Crippen LogP contribution in [0.2, 0.25) is 0 Å². The molecular weight excluding hydrogens is 188 g/mol. The van der Waals surface area contributed by atoms with E-state index in [9.17, 15) is 5.11 Å². The highest BCUT2D eigenvalue weighted by atomic mass is 32.1.